The second kappa shape index (κ2) is 2.70. The van der Waals surface area contributed by atoms with Gasteiger partial charge in [-0.15, -0.1) is 0 Å². The van der Waals surface area contributed by atoms with E-state index < -0.39 is 0 Å². The van der Waals surface area contributed by atoms with Crippen molar-refractivity contribution in [2.24, 2.45) is 22.7 Å². The topological polar surface area (TPSA) is 0 Å². The molecule has 0 heteroatoms. The molecule has 0 saturated heterocycles. The van der Waals surface area contributed by atoms with Gasteiger partial charge in [-0.2, -0.15) is 0 Å². The quantitative estimate of drug-likeness (QED) is 0.507. The minimum atomic E-state index is 0.585. The van der Waals surface area contributed by atoms with E-state index >= 15 is 0 Å². The average molecular weight is 204 g/mol. The van der Waals surface area contributed by atoms with Gasteiger partial charge in [-0.1, -0.05) is 31.9 Å². The molecule has 3 atom stereocenters. The van der Waals surface area contributed by atoms with Crippen LogP contribution < -0.4 is 0 Å². The van der Waals surface area contributed by atoms with Crippen LogP contribution in [0.4, 0.5) is 0 Å². The highest BCUT2D eigenvalue weighted by Gasteiger charge is 2.62. The molecule has 0 aliphatic heterocycles. The Morgan fingerprint density at radius 1 is 1.20 bits per heavy atom. The van der Waals surface area contributed by atoms with E-state index in [2.05, 4.69) is 27.7 Å². The van der Waals surface area contributed by atoms with E-state index in [1.54, 1.807) is 5.57 Å². The van der Waals surface area contributed by atoms with Crippen LogP contribution in [0.2, 0.25) is 0 Å². The summed E-state index contributed by atoms with van der Waals surface area (Å²) in [4.78, 5) is 0. The first-order valence-electron chi connectivity index (χ1n) is 6.67. The molecule has 0 bridgehead atoms. The smallest absolute Gasteiger partial charge is 0.00232 e. The number of allylic oxidation sites excluding steroid dienone is 2. The van der Waals surface area contributed by atoms with Crippen LogP contribution in [0.3, 0.4) is 0 Å². The molecule has 3 rings (SSSR count). The predicted octanol–water partition coefficient (Wildman–Crippen LogP) is 4.56. The highest BCUT2D eigenvalue weighted by molar-refractivity contribution is 5.37. The van der Waals surface area contributed by atoms with E-state index in [4.69, 9.17) is 0 Å². The maximum absolute atomic E-state index is 2.51. The summed E-state index contributed by atoms with van der Waals surface area (Å²) < 4.78 is 0. The summed E-state index contributed by atoms with van der Waals surface area (Å²) in [7, 11) is 0. The molecule has 2 saturated carbocycles. The van der Waals surface area contributed by atoms with Crippen molar-refractivity contribution in [3.05, 3.63) is 11.1 Å². The molecule has 15 heavy (non-hydrogen) atoms. The molecule has 3 aliphatic carbocycles. The van der Waals surface area contributed by atoms with Gasteiger partial charge in [-0.05, 0) is 61.7 Å². The van der Waals surface area contributed by atoms with Crippen LogP contribution in [-0.4, -0.2) is 0 Å². The van der Waals surface area contributed by atoms with Crippen molar-refractivity contribution < 1.29 is 0 Å². The lowest BCUT2D eigenvalue weighted by Crippen LogP contribution is -2.30. The monoisotopic (exact) mass is 204 g/mol. The summed E-state index contributed by atoms with van der Waals surface area (Å²) in [5, 5.41) is 0. The maximum atomic E-state index is 2.51. The minimum absolute atomic E-state index is 0.585. The first-order valence-corrected chi connectivity index (χ1v) is 6.67. The lowest BCUT2D eigenvalue weighted by Gasteiger charge is -2.36. The highest BCUT2D eigenvalue weighted by atomic mass is 14.7. The van der Waals surface area contributed by atoms with Gasteiger partial charge < -0.3 is 0 Å². The summed E-state index contributed by atoms with van der Waals surface area (Å²) in [6.45, 7) is 9.93. The Kier molecular flexibility index (Phi) is 1.79. The van der Waals surface area contributed by atoms with Crippen LogP contribution in [-0.2, 0) is 0 Å². The predicted molar refractivity (Wildman–Crippen MR) is 64.7 cm³/mol. The third-order valence-electron chi connectivity index (χ3n) is 5.96. The van der Waals surface area contributed by atoms with Gasteiger partial charge in [0.15, 0.2) is 0 Å². The zero-order chi connectivity index (χ0) is 10.8. The molecular formula is C15H24. The van der Waals surface area contributed by atoms with Crippen molar-refractivity contribution in [1.82, 2.24) is 0 Å². The SMILES string of the molecule is CC1=C2CC(C)(C)[C@@H]3CC[C@H](C)[C@]23CC1. The number of hydrogen-bond donors (Lipinski definition) is 0. The van der Waals surface area contributed by atoms with E-state index in [1.165, 1.54) is 32.1 Å². The molecule has 1 spiro atoms. The summed E-state index contributed by atoms with van der Waals surface area (Å²) in [6, 6.07) is 0. The largest absolute Gasteiger partial charge is 0.0735 e. The molecule has 0 aromatic rings. The zero-order valence-corrected chi connectivity index (χ0v) is 10.7. The van der Waals surface area contributed by atoms with E-state index in [0.717, 1.165) is 11.8 Å². The van der Waals surface area contributed by atoms with Crippen molar-refractivity contribution >= 4 is 0 Å². The van der Waals surface area contributed by atoms with E-state index in [1.807, 2.05) is 5.57 Å². The molecule has 0 aromatic carbocycles. The van der Waals surface area contributed by atoms with Crippen molar-refractivity contribution in [2.75, 3.05) is 0 Å². The van der Waals surface area contributed by atoms with Gasteiger partial charge in [0.25, 0.3) is 0 Å². The van der Waals surface area contributed by atoms with E-state index in [9.17, 15) is 0 Å². The Morgan fingerprint density at radius 2 is 1.93 bits per heavy atom. The van der Waals surface area contributed by atoms with Crippen LogP contribution in [0.5, 0.6) is 0 Å². The van der Waals surface area contributed by atoms with Crippen molar-refractivity contribution in [3.63, 3.8) is 0 Å². The van der Waals surface area contributed by atoms with Crippen molar-refractivity contribution in [3.8, 4) is 0 Å². The second-order valence-corrected chi connectivity index (χ2v) is 7.00. The molecule has 84 valence electrons. The fraction of sp³-hybridized carbons (Fsp3) is 0.867. The Balaban J connectivity index is 2.15. The summed E-state index contributed by atoms with van der Waals surface area (Å²) in [5.74, 6) is 1.95. The molecule has 0 N–H and O–H groups in total. The normalized spacial score (nSPS) is 47.2. The van der Waals surface area contributed by atoms with Crippen LogP contribution >= 0.6 is 0 Å². The van der Waals surface area contributed by atoms with Crippen LogP contribution in [0.15, 0.2) is 11.1 Å². The Hall–Kier alpha value is -0.260. The standard InChI is InChI=1S/C15H24/c1-10-7-8-15-11(2)5-6-13(15)14(3,4)9-12(10)15/h11,13H,5-9H2,1-4H3/t11-,13-,15+/m0/s1. The molecule has 2 fully saturated rings. The molecule has 3 aliphatic rings. The molecule has 0 aromatic heterocycles. The maximum Gasteiger partial charge on any atom is -0.00232 e. The lowest BCUT2D eigenvalue weighted by molar-refractivity contribution is 0.141. The van der Waals surface area contributed by atoms with E-state index in [-0.39, 0.29) is 0 Å². The summed E-state index contributed by atoms with van der Waals surface area (Å²) in [5.41, 5.74) is 4.89. The fourth-order valence-electron chi connectivity index (χ4n) is 5.28. The Bertz CT molecular complexity index is 334. The molecule has 0 radical (unpaired) electrons. The molecule has 0 nitrogen and oxygen atoms in total. The van der Waals surface area contributed by atoms with Gasteiger partial charge in [0.2, 0.25) is 0 Å². The van der Waals surface area contributed by atoms with Gasteiger partial charge in [0, 0.05) is 0 Å². The van der Waals surface area contributed by atoms with Crippen molar-refractivity contribution in [1.29, 1.82) is 0 Å². The average Bonchev–Trinajstić information content (AvgIpc) is 2.70. The second-order valence-electron chi connectivity index (χ2n) is 7.00. The lowest BCUT2D eigenvalue weighted by atomic mass is 9.68. The third kappa shape index (κ3) is 0.990. The molecule has 0 heterocycles. The number of hydrogen-bond acceptors (Lipinski definition) is 0. The van der Waals surface area contributed by atoms with Crippen LogP contribution in [0.1, 0.15) is 59.8 Å². The molecule has 0 amide bonds. The first-order chi connectivity index (χ1) is 6.98. The summed E-state index contributed by atoms with van der Waals surface area (Å²) >= 11 is 0. The van der Waals surface area contributed by atoms with Crippen molar-refractivity contribution in [2.45, 2.75) is 59.8 Å². The number of rotatable bonds is 0. The zero-order valence-electron chi connectivity index (χ0n) is 10.7. The molecule has 0 unspecified atom stereocenters. The third-order valence-corrected chi connectivity index (χ3v) is 5.96. The first kappa shape index (κ1) is 9.93. The Morgan fingerprint density at radius 3 is 2.67 bits per heavy atom. The van der Waals surface area contributed by atoms with Gasteiger partial charge in [0.05, 0.1) is 0 Å². The van der Waals surface area contributed by atoms with Crippen LogP contribution in [0.25, 0.3) is 0 Å². The van der Waals surface area contributed by atoms with Gasteiger partial charge in [0.1, 0.15) is 0 Å². The highest BCUT2D eigenvalue weighted by Crippen LogP contribution is 2.71. The van der Waals surface area contributed by atoms with Gasteiger partial charge in [-0.3, -0.25) is 0 Å². The van der Waals surface area contributed by atoms with Gasteiger partial charge >= 0.3 is 0 Å². The fourth-order valence-corrected chi connectivity index (χ4v) is 5.28. The van der Waals surface area contributed by atoms with E-state index in [0.29, 0.717) is 10.8 Å². The Labute approximate surface area is 94.1 Å². The van der Waals surface area contributed by atoms with Gasteiger partial charge in [-0.25, -0.2) is 0 Å². The van der Waals surface area contributed by atoms with Crippen LogP contribution in [0, 0.1) is 22.7 Å². The summed E-state index contributed by atoms with van der Waals surface area (Å²) in [6.07, 6.45) is 7.24. The molecular weight excluding hydrogens is 180 g/mol. The minimum Gasteiger partial charge on any atom is -0.0735 e.